The van der Waals surface area contributed by atoms with Crippen LogP contribution in [0.1, 0.15) is 12.5 Å². The number of amides is 3. The number of nitrogens with two attached hydrogens (primary N) is 1. The molecule has 0 aromatic heterocycles. The first-order valence-electron chi connectivity index (χ1n) is 8.08. The van der Waals surface area contributed by atoms with Crippen LogP contribution in [0.4, 0.5) is 24.5 Å². The number of hydrogen-bond donors (Lipinski definition) is 3. The maximum atomic E-state index is 13.5. The second kappa shape index (κ2) is 8.35. The quantitative estimate of drug-likeness (QED) is 0.613. The number of halogens is 3. The van der Waals surface area contributed by atoms with Gasteiger partial charge in [0.25, 0.3) is 11.8 Å². The SMILES string of the molecule is CCN[C@H](C(N)=O)C(=O)Nc1ccc(N2CCOCC2=O)c(C(F)(F)F)c1. The summed E-state index contributed by atoms with van der Waals surface area (Å²) < 4.78 is 45.4. The van der Waals surface area contributed by atoms with Crippen molar-refractivity contribution in [3.05, 3.63) is 23.8 Å². The van der Waals surface area contributed by atoms with Crippen LogP contribution in [0.5, 0.6) is 0 Å². The van der Waals surface area contributed by atoms with Crippen molar-refractivity contribution in [2.24, 2.45) is 5.73 Å². The molecule has 2 rings (SSSR count). The molecule has 3 amide bonds. The molecule has 1 heterocycles. The molecule has 0 aliphatic carbocycles. The number of nitrogens with one attached hydrogen (secondary N) is 2. The number of primary amides is 1. The van der Waals surface area contributed by atoms with Crippen molar-refractivity contribution in [2.75, 3.05) is 36.5 Å². The van der Waals surface area contributed by atoms with Gasteiger partial charge in [-0.05, 0) is 24.7 Å². The van der Waals surface area contributed by atoms with E-state index in [1.165, 1.54) is 6.07 Å². The number of morpholine rings is 1. The summed E-state index contributed by atoms with van der Waals surface area (Å²) >= 11 is 0. The number of ether oxygens (including phenoxy) is 1. The first kappa shape index (κ1) is 20.6. The lowest BCUT2D eigenvalue weighted by Crippen LogP contribution is -2.49. The molecule has 0 unspecified atom stereocenters. The summed E-state index contributed by atoms with van der Waals surface area (Å²) in [7, 11) is 0. The first-order chi connectivity index (χ1) is 12.6. The van der Waals surface area contributed by atoms with E-state index in [9.17, 15) is 27.6 Å². The Morgan fingerprint density at radius 2 is 2.07 bits per heavy atom. The van der Waals surface area contributed by atoms with Gasteiger partial charge < -0.3 is 20.7 Å². The fourth-order valence-corrected chi connectivity index (χ4v) is 2.59. The van der Waals surface area contributed by atoms with Crippen LogP contribution in [0, 0.1) is 0 Å². The molecule has 8 nitrogen and oxygen atoms in total. The lowest BCUT2D eigenvalue weighted by Gasteiger charge is -2.29. The minimum Gasteiger partial charge on any atom is -0.370 e. The molecule has 0 bridgehead atoms. The third-order valence-electron chi connectivity index (χ3n) is 3.80. The number of anilines is 2. The Bertz CT molecular complexity index is 739. The van der Waals surface area contributed by atoms with Crippen molar-refractivity contribution >= 4 is 29.1 Å². The summed E-state index contributed by atoms with van der Waals surface area (Å²) in [6.07, 6.45) is -4.76. The van der Waals surface area contributed by atoms with Gasteiger partial charge in [-0.2, -0.15) is 13.2 Å². The summed E-state index contributed by atoms with van der Waals surface area (Å²) in [4.78, 5) is 36.3. The van der Waals surface area contributed by atoms with E-state index >= 15 is 0 Å². The zero-order valence-corrected chi connectivity index (χ0v) is 14.4. The largest absolute Gasteiger partial charge is 0.418 e. The minimum absolute atomic E-state index is 0.0161. The van der Waals surface area contributed by atoms with E-state index in [1.807, 2.05) is 0 Å². The van der Waals surface area contributed by atoms with E-state index in [0.717, 1.165) is 11.0 Å². The number of likely N-dealkylation sites (N-methyl/N-ethyl adjacent to an activating group) is 1. The van der Waals surface area contributed by atoms with Crippen molar-refractivity contribution in [3.8, 4) is 0 Å². The molecule has 1 saturated heterocycles. The molecule has 1 atom stereocenters. The van der Waals surface area contributed by atoms with Crippen molar-refractivity contribution in [1.29, 1.82) is 0 Å². The molecule has 1 aliphatic rings. The van der Waals surface area contributed by atoms with Gasteiger partial charge in [0.1, 0.15) is 6.61 Å². The van der Waals surface area contributed by atoms with Crippen LogP contribution in [0.25, 0.3) is 0 Å². The molecule has 27 heavy (non-hydrogen) atoms. The number of benzene rings is 1. The van der Waals surface area contributed by atoms with Crippen LogP contribution in [-0.2, 0) is 25.3 Å². The molecule has 11 heteroatoms. The highest BCUT2D eigenvalue weighted by Crippen LogP contribution is 2.38. The van der Waals surface area contributed by atoms with E-state index in [2.05, 4.69) is 10.6 Å². The minimum atomic E-state index is -4.76. The molecule has 0 saturated carbocycles. The Morgan fingerprint density at radius 1 is 1.37 bits per heavy atom. The van der Waals surface area contributed by atoms with Gasteiger partial charge in [0.2, 0.25) is 5.91 Å². The van der Waals surface area contributed by atoms with Gasteiger partial charge in [-0.15, -0.1) is 0 Å². The molecule has 1 aliphatic heterocycles. The maximum absolute atomic E-state index is 13.5. The van der Waals surface area contributed by atoms with Gasteiger partial charge in [-0.1, -0.05) is 6.92 Å². The highest BCUT2D eigenvalue weighted by molar-refractivity contribution is 6.09. The number of carbonyl (C=O) groups excluding carboxylic acids is 3. The van der Waals surface area contributed by atoms with Gasteiger partial charge in [0.05, 0.1) is 17.9 Å². The molecule has 1 aromatic rings. The Balaban J connectivity index is 2.33. The van der Waals surface area contributed by atoms with Gasteiger partial charge in [0.15, 0.2) is 6.04 Å². The summed E-state index contributed by atoms with van der Waals surface area (Å²) in [6.45, 7) is 1.69. The summed E-state index contributed by atoms with van der Waals surface area (Å²) in [5.41, 5.74) is 3.52. The summed E-state index contributed by atoms with van der Waals surface area (Å²) in [5, 5.41) is 4.77. The number of rotatable bonds is 6. The van der Waals surface area contributed by atoms with E-state index in [1.54, 1.807) is 6.92 Å². The molecule has 0 radical (unpaired) electrons. The molecule has 4 N–H and O–H groups in total. The van der Waals surface area contributed by atoms with Crippen molar-refractivity contribution in [1.82, 2.24) is 5.32 Å². The monoisotopic (exact) mass is 388 g/mol. The molecule has 0 spiro atoms. The summed E-state index contributed by atoms with van der Waals surface area (Å²) in [5.74, 6) is -2.43. The molecule has 1 aromatic carbocycles. The molecule has 1 fully saturated rings. The number of alkyl halides is 3. The van der Waals surface area contributed by atoms with E-state index in [-0.39, 0.29) is 37.7 Å². The topological polar surface area (TPSA) is 114 Å². The number of carbonyl (C=O) groups is 3. The second-order valence-electron chi connectivity index (χ2n) is 5.71. The maximum Gasteiger partial charge on any atom is 0.418 e. The smallest absolute Gasteiger partial charge is 0.370 e. The zero-order chi connectivity index (χ0) is 20.2. The van der Waals surface area contributed by atoms with E-state index in [4.69, 9.17) is 10.5 Å². The molecule has 148 valence electrons. The molecular formula is C16H19F3N4O4. The first-order valence-corrected chi connectivity index (χ1v) is 8.08. The fourth-order valence-electron chi connectivity index (χ4n) is 2.59. The third-order valence-corrected chi connectivity index (χ3v) is 3.80. The average Bonchev–Trinajstić information content (AvgIpc) is 2.59. The normalized spacial score (nSPS) is 16.1. The van der Waals surface area contributed by atoms with Crippen LogP contribution < -0.4 is 21.3 Å². The number of nitrogens with zero attached hydrogens (tertiary/aromatic N) is 1. The van der Waals surface area contributed by atoms with Crippen molar-refractivity contribution < 1.29 is 32.3 Å². The van der Waals surface area contributed by atoms with E-state index < -0.39 is 35.5 Å². The van der Waals surface area contributed by atoms with Gasteiger partial charge >= 0.3 is 6.18 Å². The average molecular weight is 388 g/mol. The Labute approximate surface area is 152 Å². The van der Waals surface area contributed by atoms with Gasteiger partial charge in [0, 0.05) is 12.2 Å². The van der Waals surface area contributed by atoms with Gasteiger partial charge in [-0.3, -0.25) is 19.7 Å². The Hall–Kier alpha value is -2.66. The Kier molecular flexibility index (Phi) is 6.39. The fraction of sp³-hybridized carbons (Fsp3) is 0.438. The van der Waals surface area contributed by atoms with Crippen LogP contribution in [0.2, 0.25) is 0 Å². The number of hydrogen-bond acceptors (Lipinski definition) is 5. The molecular weight excluding hydrogens is 369 g/mol. The lowest BCUT2D eigenvalue weighted by atomic mass is 10.1. The highest BCUT2D eigenvalue weighted by atomic mass is 19.4. The van der Waals surface area contributed by atoms with Crippen LogP contribution >= 0.6 is 0 Å². The van der Waals surface area contributed by atoms with Gasteiger partial charge in [-0.25, -0.2) is 0 Å². The Morgan fingerprint density at radius 3 is 2.63 bits per heavy atom. The van der Waals surface area contributed by atoms with Crippen LogP contribution in [0.15, 0.2) is 18.2 Å². The standard InChI is InChI=1S/C16H19F3N4O4/c1-2-21-13(14(20)25)15(26)22-9-3-4-11(10(7-9)16(17,18)19)23-5-6-27-8-12(23)24/h3-4,7,13,21H,2,5-6,8H2,1H3,(H2,20,25)(H,22,26)/t13-/m1/s1. The van der Waals surface area contributed by atoms with Crippen LogP contribution in [-0.4, -0.2) is 50.1 Å². The van der Waals surface area contributed by atoms with Crippen molar-refractivity contribution in [3.63, 3.8) is 0 Å². The second-order valence-corrected chi connectivity index (χ2v) is 5.71. The predicted octanol–water partition coefficient (Wildman–Crippen LogP) is 0.470. The van der Waals surface area contributed by atoms with Crippen molar-refractivity contribution in [2.45, 2.75) is 19.1 Å². The lowest BCUT2D eigenvalue weighted by molar-refractivity contribution is -0.137. The summed E-state index contributed by atoms with van der Waals surface area (Å²) in [6, 6.07) is 1.63. The zero-order valence-electron chi connectivity index (χ0n) is 14.4. The third kappa shape index (κ3) is 4.95. The predicted molar refractivity (Wildman–Crippen MR) is 89.9 cm³/mol. The van der Waals surface area contributed by atoms with Crippen LogP contribution in [0.3, 0.4) is 0 Å². The highest BCUT2D eigenvalue weighted by Gasteiger charge is 2.37. The van der Waals surface area contributed by atoms with E-state index in [0.29, 0.717) is 6.07 Å².